The second-order valence-corrected chi connectivity index (χ2v) is 7.94. The van der Waals surface area contributed by atoms with Crippen LogP contribution >= 0.6 is 0 Å². The van der Waals surface area contributed by atoms with Crippen molar-refractivity contribution in [2.24, 2.45) is 7.05 Å². The van der Waals surface area contributed by atoms with Crippen molar-refractivity contribution in [3.63, 3.8) is 0 Å². The fourth-order valence-electron chi connectivity index (χ4n) is 3.03. The molecule has 8 heteroatoms. The highest BCUT2D eigenvalue weighted by Crippen LogP contribution is 2.28. The van der Waals surface area contributed by atoms with Gasteiger partial charge in [-0.3, -0.25) is 14.4 Å². The van der Waals surface area contributed by atoms with E-state index in [1.807, 2.05) is 24.4 Å². The van der Waals surface area contributed by atoms with Crippen molar-refractivity contribution in [2.45, 2.75) is 4.90 Å². The average molecular weight is 391 g/mol. The van der Waals surface area contributed by atoms with Gasteiger partial charge in [-0.25, -0.2) is 8.42 Å². The zero-order chi connectivity index (χ0) is 19.7. The largest absolute Gasteiger partial charge is 0.306 e. The molecule has 2 aromatic carbocycles. The zero-order valence-electron chi connectivity index (χ0n) is 15.0. The SMILES string of the molecule is Cn1cc(-c2cnc(C=N)c(NS(=O)(=O)c3cccc4ccccc34)c2)cn1. The van der Waals surface area contributed by atoms with Crippen LogP contribution in [0, 0.1) is 5.41 Å². The summed E-state index contributed by atoms with van der Waals surface area (Å²) < 4.78 is 30.5. The van der Waals surface area contributed by atoms with Gasteiger partial charge in [0, 0.05) is 42.2 Å². The summed E-state index contributed by atoms with van der Waals surface area (Å²) in [6, 6.07) is 14.1. The number of nitrogens with zero attached hydrogens (tertiary/aromatic N) is 3. The van der Waals surface area contributed by atoms with E-state index in [0.717, 1.165) is 17.2 Å². The molecule has 7 nitrogen and oxygen atoms in total. The molecule has 0 atom stereocenters. The molecule has 0 unspecified atom stereocenters. The van der Waals surface area contributed by atoms with Gasteiger partial charge in [-0.2, -0.15) is 5.10 Å². The number of rotatable bonds is 5. The third kappa shape index (κ3) is 3.25. The Morgan fingerprint density at radius 1 is 1.07 bits per heavy atom. The number of hydrogen-bond acceptors (Lipinski definition) is 5. The Bertz CT molecular complexity index is 1290. The standard InChI is InChI=1S/C20H17N5O2S/c1-25-13-16(12-23-25)15-9-18(19(10-21)22-11-15)24-28(26,27)20-8-4-6-14-5-2-3-7-17(14)20/h2-13,21,24H,1H3. The molecule has 0 amide bonds. The van der Waals surface area contributed by atoms with E-state index < -0.39 is 10.0 Å². The number of nitrogens with one attached hydrogen (secondary N) is 2. The van der Waals surface area contributed by atoms with Crippen LogP contribution in [0.3, 0.4) is 0 Å². The molecule has 0 radical (unpaired) electrons. The highest BCUT2D eigenvalue weighted by atomic mass is 32.2. The molecule has 0 saturated heterocycles. The van der Waals surface area contributed by atoms with Crippen molar-refractivity contribution >= 4 is 32.7 Å². The smallest absolute Gasteiger partial charge is 0.262 e. The summed E-state index contributed by atoms with van der Waals surface area (Å²) in [7, 11) is -2.08. The molecule has 0 aliphatic heterocycles. The molecule has 0 bridgehead atoms. The predicted octanol–water partition coefficient (Wildman–Crippen LogP) is 3.43. The molecule has 4 rings (SSSR count). The molecular weight excluding hydrogens is 374 g/mol. The van der Waals surface area contributed by atoms with Gasteiger partial charge in [-0.05, 0) is 17.5 Å². The normalized spacial score (nSPS) is 11.5. The topological polar surface area (TPSA) is 101 Å². The molecule has 4 aromatic rings. The minimum absolute atomic E-state index is 0.174. The first-order valence-corrected chi connectivity index (χ1v) is 9.96. The Kier molecular flexibility index (Phi) is 4.40. The van der Waals surface area contributed by atoms with Crippen LogP contribution in [-0.4, -0.2) is 29.4 Å². The van der Waals surface area contributed by atoms with E-state index in [-0.39, 0.29) is 16.3 Å². The fourth-order valence-corrected chi connectivity index (χ4v) is 4.33. The number of aryl methyl sites for hydroxylation is 1. The van der Waals surface area contributed by atoms with Gasteiger partial charge < -0.3 is 5.41 Å². The molecule has 0 aliphatic rings. The quantitative estimate of drug-likeness (QED) is 0.509. The number of fused-ring (bicyclic) bond motifs is 1. The van der Waals surface area contributed by atoms with Crippen molar-refractivity contribution < 1.29 is 8.42 Å². The molecule has 28 heavy (non-hydrogen) atoms. The Hall–Kier alpha value is -3.52. The lowest BCUT2D eigenvalue weighted by molar-refractivity contribution is 0.602. The van der Waals surface area contributed by atoms with E-state index in [9.17, 15) is 8.42 Å². The van der Waals surface area contributed by atoms with Crippen molar-refractivity contribution in [2.75, 3.05) is 4.72 Å². The van der Waals surface area contributed by atoms with Crippen LogP contribution in [0.5, 0.6) is 0 Å². The van der Waals surface area contributed by atoms with Gasteiger partial charge in [0.2, 0.25) is 0 Å². The number of benzene rings is 2. The van der Waals surface area contributed by atoms with Crippen LogP contribution in [0.25, 0.3) is 21.9 Å². The Morgan fingerprint density at radius 3 is 2.61 bits per heavy atom. The Labute approximate surface area is 162 Å². The van der Waals surface area contributed by atoms with Crippen LogP contribution in [-0.2, 0) is 17.1 Å². The van der Waals surface area contributed by atoms with Gasteiger partial charge in [-0.15, -0.1) is 0 Å². The van der Waals surface area contributed by atoms with Gasteiger partial charge in [0.25, 0.3) is 10.0 Å². The minimum Gasteiger partial charge on any atom is -0.306 e. The highest BCUT2D eigenvalue weighted by molar-refractivity contribution is 7.93. The summed E-state index contributed by atoms with van der Waals surface area (Å²) >= 11 is 0. The first-order valence-electron chi connectivity index (χ1n) is 8.48. The van der Waals surface area contributed by atoms with Crippen LogP contribution in [0.1, 0.15) is 5.69 Å². The molecule has 140 valence electrons. The van der Waals surface area contributed by atoms with E-state index in [1.165, 1.54) is 0 Å². The van der Waals surface area contributed by atoms with E-state index >= 15 is 0 Å². The maximum atomic E-state index is 13.1. The highest BCUT2D eigenvalue weighted by Gasteiger charge is 2.19. The van der Waals surface area contributed by atoms with Crippen molar-refractivity contribution in [3.8, 4) is 11.1 Å². The Morgan fingerprint density at radius 2 is 1.86 bits per heavy atom. The van der Waals surface area contributed by atoms with Gasteiger partial charge in [-0.1, -0.05) is 36.4 Å². The van der Waals surface area contributed by atoms with Gasteiger partial charge >= 0.3 is 0 Å². The summed E-state index contributed by atoms with van der Waals surface area (Å²) in [5.74, 6) is 0. The van der Waals surface area contributed by atoms with Crippen LogP contribution in [0.15, 0.2) is 72.0 Å². The second kappa shape index (κ2) is 6.90. The van der Waals surface area contributed by atoms with Gasteiger partial charge in [0.05, 0.1) is 16.8 Å². The van der Waals surface area contributed by atoms with Crippen molar-refractivity contribution in [3.05, 3.63) is 72.8 Å². The number of sulfonamides is 1. The number of hydrogen-bond donors (Lipinski definition) is 2. The maximum Gasteiger partial charge on any atom is 0.262 e. The summed E-state index contributed by atoms with van der Waals surface area (Å²) in [6.45, 7) is 0. The number of aromatic nitrogens is 3. The average Bonchev–Trinajstić information content (AvgIpc) is 3.13. The molecule has 0 saturated carbocycles. The molecule has 2 heterocycles. The fraction of sp³-hybridized carbons (Fsp3) is 0.0500. The predicted molar refractivity (Wildman–Crippen MR) is 109 cm³/mol. The van der Waals surface area contributed by atoms with Crippen LogP contribution in [0.4, 0.5) is 5.69 Å². The third-order valence-electron chi connectivity index (χ3n) is 4.38. The molecule has 0 spiro atoms. The lowest BCUT2D eigenvalue weighted by atomic mass is 10.1. The summed E-state index contributed by atoms with van der Waals surface area (Å²) in [6.07, 6.45) is 6.09. The van der Waals surface area contributed by atoms with Crippen molar-refractivity contribution in [1.29, 1.82) is 5.41 Å². The van der Waals surface area contributed by atoms with E-state index in [4.69, 9.17) is 5.41 Å². The van der Waals surface area contributed by atoms with Crippen molar-refractivity contribution in [1.82, 2.24) is 14.8 Å². The molecular formula is C20H17N5O2S. The molecule has 2 aromatic heterocycles. The monoisotopic (exact) mass is 391 g/mol. The summed E-state index contributed by atoms with van der Waals surface area (Å²) in [5, 5.41) is 13.2. The molecule has 0 fully saturated rings. The van der Waals surface area contributed by atoms with E-state index in [1.54, 1.807) is 54.5 Å². The zero-order valence-corrected chi connectivity index (χ0v) is 15.8. The molecule has 2 N–H and O–H groups in total. The van der Waals surface area contributed by atoms with E-state index in [2.05, 4.69) is 14.8 Å². The molecule has 0 aliphatic carbocycles. The van der Waals surface area contributed by atoms with Crippen LogP contribution < -0.4 is 4.72 Å². The van der Waals surface area contributed by atoms with Gasteiger partial charge in [0.15, 0.2) is 0 Å². The third-order valence-corrected chi connectivity index (χ3v) is 5.80. The first-order chi connectivity index (χ1) is 13.5. The van der Waals surface area contributed by atoms with E-state index in [0.29, 0.717) is 10.9 Å². The number of pyridine rings is 1. The van der Waals surface area contributed by atoms with Gasteiger partial charge in [0.1, 0.15) is 5.69 Å². The number of anilines is 1. The lowest BCUT2D eigenvalue weighted by Crippen LogP contribution is -2.15. The minimum atomic E-state index is -3.88. The van der Waals surface area contributed by atoms with Crippen LogP contribution in [0.2, 0.25) is 0 Å². The Balaban J connectivity index is 1.80. The lowest BCUT2D eigenvalue weighted by Gasteiger charge is -2.13. The second-order valence-electron chi connectivity index (χ2n) is 6.29. The maximum absolute atomic E-state index is 13.1. The first kappa shape index (κ1) is 17.9. The summed E-state index contributed by atoms with van der Waals surface area (Å²) in [4.78, 5) is 4.39. The summed E-state index contributed by atoms with van der Waals surface area (Å²) in [5.41, 5.74) is 1.98.